The van der Waals surface area contributed by atoms with Crippen molar-refractivity contribution in [2.24, 2.45) is 0 Å². The maximum atomic E-state index is 12.7. The molecular weight excluding hydrogens is 314 g/mol. The van der Waals surface area contributed by atoms with Crippen LogP contribution in [-0.2, 0) is 0 Å². The van der Waals surface area contributed by atoms with Gasteiger partial charge in [0.2, 0.25) is 0 Å². The number of carbonyl (C=O) groups excluding carboxylic acids is 1. The van der Waals surface area contributed by atoms with Crippen LogP contribution in [0.25, 0.3) is 11.4 Å². The molecule has 1 saturated heterocycles. The van der Waals surface area contributed by atoms with E-state index in [4.69, 9.17) is 0 Å². The van der Waals surface area contributed by atoms with Gasteiger partial charge in [-0.1, -0.05) is 0 Å². The van der Waals surface area contributed by atoms with E-state index in [1.165, 1.54) is 5.56 Å². The molecule has 1 aliphatic heterocycles. The maximum absolute atomic E-state index is 12.7. The smallest absolute Gasteiger partial charge is 0.257 e. The van der Waals surface area contributed by atoms with Crippen molar-refractivity contribution < 1.29 is 4.79 Å². The molecule has 0 radical (unpaired) electrons. The number of carbonyl (C=O) groups is 1. The van der Waals surface area contributed by atoms with Crippen molar-refractivity contribution in [1.29, 1.82) is 0 Å². The second-order valence-electron chi connectivity index (χ2n) is 6.12. The summed E-state index contributed by atoms with van der Waals surface area (Å²) >= 11 is 0. The normalized spacial score (nSPS) is 14.2. The number of hydrogen-bond acceptors (Lipinski definition) is 5. The van der Waals surface area contributed by atoms with Crippen LogP contribution in [0.3, 0.4) is 0 Å². The Morgan fingerprint density at radius 2 is 1.88 bits per heavy atom. The summed E-state index contributed by atoms with van der Waals surface area (Å²) < 4.78 is 0. The molecule has 0 atom stereocenters. The summed E-state index contributed by atoms with van der Waals surface area (Å²) in [7, 11) is 0. The van der Waals surface area contributed by atoms with Gasteiger partial charge >= 0.3 is 0 Å². The van der Waals surface area contributed by atoms with Crippen LogP contribution in [0.4, 0.5) is 0 Å². The number of pyridine rings is 2. The van der Waals surface area contributed by atoms with Gasteiger partial charge in [-0.05, 0) is 36.8 Å². The molecule has 4 rings (SSSR count). The summed E-state index contributed by atoms with van der Waals surface area (Å²) in [6.45, 7) is 3.27. The van der Waals surface area contributed by atoms with Crippen molar-refractivity contribution in [2.45, 2.75) is 12.8 Å². The van der Waals surface area contributed by atoms with E-state index >= 15 is 0 Å². The van der Waals surface area contributed by atoms with Crippen LogP contribution >= 0.6 is 0 Å². The van der Waals surface area contributed by atoms with E-state index in [0.29, 0.717) is 36.1 Å². The summed E-state index contributed by atoms with van der Waals surface area (Å²) in [5.41, 5.74) is 3.30. The van der Waals surface area contributed by atoms with Crippen molar-refractivity contribution >= 4 is 5.91 Å². The predicted molar refractivity (Wildman–Crippen MR) is 92.9 cm³/mol. The summed E-state index contributed by atoms with van der Waals surface area (Å²) in [6, 6.07) is 7.75. The van der Waals surface area contributed by atoms with Crippen LogP contribution in [0.15, 0.2) is 55.2 Å². The van der Waals surface area contributed by atoms with E-state index in [9.17, 15) is 4.79 Å². The first kappa shape index (κ1) is 15.4. The van der Waals surface area contributed by atoms with Gasteiger partial charge in [-0.3, -0.25) is 14.8 Å². The third-order valence-corrected chi connectivity index (χ3v) is 4.48. The Bertz CT molecular complexity index is 892. The second-order valence-corrected chi connectivity index (χ2v) is 6.12. The summed E-state index contributed by atoms with van der Waals surface area (Å²) in [6.07, 6.45) is 8.61. The van der Waals surface area contributed by atoms with Gasteiger partial charge in [0.05, 0.1) is 11.3 Å². The van der Waals surface area contributed by atoms with Gasteiger partial charge in [0.1, 0.15) is 0 Å². The van der Waals surface area contributed by atoms with Gasteiger partial charge in [-0.25, -0.2) is 9.97 Å². The van der Waals surface area contributed by atoms with Gasteiger partial charge in [-0.2, -0.15) is 0 Å². The van der Waals surface area contributed by atoms with Crippen LogP contribution in [0, 0.1) is 6.92 Å². The van der Waals surface area contributed by atoms with E-state index in [0.717, 1.165) is 5.56 Å². The number of aromatic nitrogens is 4. The minimum atomic E-state index is -0.0134. The maximum Gasteiger partial charge on any atom is 0.257 e. The highest BCUT2D eigenvalue weighted by molar-refractivity contribution is 5.95. The van der Waals surface area contributed by atoms with E-state index in [1.54, 1.807) is 31.0 Å². The minimum absolute atomic E-state index is 0.0134. The van der Waals surface area contributed by atoms with Crippen LogP contribution in [0.5, 0.6) is 0 Å². The van der Waals surface area contributed by atoms with E-state index in [1.807, 2.05) is 36.1 Å². The number of aryl methyl sites for hydroxylation is 1. The zero-order chi connectivity index (χ0) is 17.2. The fourth-order valence-corrected chi connectivity index (χ4v) is 2.97. The largest absolute Gasteiger partial charge is 0.337 e. The van der Waals surface area contributed by atoms with Crippen molar-refractivity contribution in [2.75, 3.05) is 13.1 Å². The van der Waals surface area contributed by atoms with Gasteiger partial charge in [-0.15, -0.1) is 0 Å². The summed E-state index contributed by atoms with van der Waals surface area (Å²) in [4.78, 5) is 31.5. The van der Waals surface area contributed by atoms with E-state index in [2.05, 4.69) is 19.9 Å². The lowest BCUT2D eigenvalue weighted by Crippen LogP contribution is -2.48. The molecule has 6 nitrogen and oxygen atoms in total. The minimum Gasteiger partial charge on any atom is -0.337 e. The fourth-order valence-electron chi connectivity index (χ4n) is 2.97. The highest BCUT2D eigenvalue weighted by atomic mass is 16.2. The number of hydrogen-bond donors (Lipinski definition) is 0. The Balaban J connectivity index is 1.48. The molecule has 1 fully saturated rings. The molecule has 0 N–H and O–H groups in total. The molecule has 1 aliphatic rings. The quantitative estimate of drug-likeness (QED) is 0.737. The molecule has 124 valence electrons. The van der Waals surface area contributed by atoms with Crippen molar-refractivity contribution in [3.63, 3.8) is 0 Å². The zero-order valence-corrected chi connectivity index (χ0v) is 13.8. The molecule has 4 heterocycles. The van der Waals surface area contributed by atoms with E-state index < -0.39 is 0 Å². The van der Waals surface area contributed by atoms with Crippen LogP contribution in [0.1, 0.15) is 27.5 Å². The number of likely N-dealkylation sites (tertiary alicyclic amines) is 1. The number of rotatable bonds is 3. The van der Waals surface area contributed by atoms with Gasteiger partial charge < -0.3 is 4.90 Å². The summed E-state index contributed by atoms with van der Waals surface area (Å²) in [5, 5.41) is 0. The SMILES string of the molecule is Cc1nc(-c2cccnc2)ncc1C(=O)N1CC(c2ccncc2)C1. The Morgan fingerprint density at radius 3 is 2.56 bits per heavy atom. The molecular formula is C19H17N5O. The standard InChI is InChI=1S/C19H17N5O/c1-13-17(10-22-18(23-13)15-3-2-6-21-9-15)19(25)24-11-16(12-24)14-4-7-20-8-5-14/h2-10,16H,11-12H2,1H3. The lowest BCUT2D eigenvalue weighted by molar-refractivity contribution is 0.0600. The first-order valence-electron chi connectivity index (χ1n) is 8.15. The second kappa shape index (κ2) is 6.39. The monoisotopic (exact) mass is 331 g/mol. The molecule has 0 spiro atoms. The Kier molecular flexibility index (Phi) is 3.93. The lowest BCUT2D eigenvalue weighted by atomic mass is 9.91. The average molecular weight is 331 g/mol. The Morgan fingerprint density at radius 1 is 1.08 bits per heavy atom. The molecule has 0 saturated carbocycles. The number of amides is 1. The zero-order valence-electron chi connectivity index (χ0n) is 13.8. The van der Waals surface area contributed by atoms with Crippen LogP contribution < -0.4 is 0 Å². The molecule has 0 bridgehead atoms. The fraction of sp³-hybridized carbons (Fsp3) is 0.211. The van der Waals surface area contributed by atoms with Crippen LogP contribution in [0.2, 0.25) is 0 Å². The lowest BCUT2D eigenvalue weighted by Gasteiger charge is -2.39. The van der Waals surface area contributed by atoms with Gasteiger partial charge in [0, 0.05) is 55.6 Å². The Labute approximate surface area is 145 Å². The highest BCUT2D eigenvalue weighted by Crippen LogP contribution is 2.28. The van der Waals surface area contributed by atoms with E-state index in [-0.39, 0.29) is 5.91 Å². The third-order valence-electron chi connectivity index (χ3n) is 4.48. The van der Waals surface area contributed by atoms with Crippen LogP contribution in [-0.4, -0.2) is 43.8 Å². The number of nitrogens with zero attached hydrogens (tertiary/aromatic N) is 5. The molecule has 0 aromatic carbocycles. The highest BCUT2D eigenvalue weighted by Gasteiger charge is 2.33. The molecule has 3 aromatic rings. The van der Waals surface area contributed by atoms with Gasteiger partial charge in [0.25, 0.3) is 5.91 Å². The predicted octanol–water partition coefficient (Wildman–Crippen LogP) is 2.48. The molecule has 0 unspecified atom stereocenters. The van der Waals surface area contributed by atoms with Crippen molar-refractivity contribution in [1.82, 2.24) is 24.8 Å². The first-order chi connectivity index (χ1) is 12.2. The molecule has 3 aromatic heterocycles. The molecule has 0 aliphatic carbocycles. The first-order valence-corrected chi connectivity index (χ1v) is 8.15. The van der Waals surface area contributed by atoms with Crippen molar-refractivity contribution in [3.05, 3.63) is 72.1 Å². The topological polar surface area (TPSA) is 71.9 Å². The molecule has 1 amide bonds. The molecule has 6 heteroatoms. The van der Waals surface area contributed by atoms with Gasteiger partial charge in [0.15, 0.2) is 5.82 Å². The Hall–Kier alpha value is -3.15. The third kappa shape index (κ3) is 2.98. The van der Waals surface area contributed by atoms with Crippen molar-refractivity contribution in [3.8, 4) is 11.4 Å². The molecule has 25 heavy (non-hydrogen) atoms. The summed E-state index contributed by atoms with van der Waals surface area (Å²) in [5.74, 6) is 0.948. The average Bonchev–Trinajstić information content (AvgIpc) is 2.62.